The van der Waals surface area contributed by atoms with Gasteiger partial charge in [0.15, 0.2) is 0 Å². The fraction of sp³-hybridized carbons (Fsp3) is 0.533. The summed E-state index contributed by atoms with van der Waals surface area (Å²) in [5.74, 6) is 1.85. The SMILES string of the molecule is COc1ccc(N)c(SCCCCC(C)(C)C#N)c1. The van der Waals surface area contributed by atoms with Crippen molar-refractivity contribution >= 4 is 17.4 Å². The van der Waals surface area contributed by atoms with Crippen LogP contribution in [0, 0.1) is 16.7 Å². The molecule has 19 heavy (non-hydrogen) atoms. The molecule has 0 fully saturated rings. The van der Waals surface area contributed by atoms with Crippen molar-refractivity contribution < 1.29 is 4.74 Å². The largest absolute Gasteiger partial charge is 0.497 e. The Balaban J connectivity index is 2.36. The minimum absolute atomic E-state index is 0.209. The maximum absolute atomic E-state index is 8.94. The number of benzene rings is 1. The molecule has 0 atom stereocenters. The van der Waals surface area contributed by atoms with Gasteiger partial charge in [-0.2, -0.15) is 5.26 Å². The Morgan fingerprint density at radius 2 is 2.11 bits per heavy atom. The lowest BCUT2D eigenvalue weighted by Crippen LogP contribution is -2.07. The summed E-state index contributed by atoms with van der Waals surface area (Å²) >= 11 is 1.75. The topological polar surface area (TPSA) is 59.0 Å². The van der Waals surface area contributed by atoms with Gasteiger partial charge in [-0.05, 0) is 50.6 Å². The molecule has 0 saturated carbocycles. The van der Waals surface area contributed by atoms with Gasteiger partial charge in [0.2, 0.25) is 0 Å². The molecule has 1 rings (SSSR count). The molecule has 2 N–H and O–H groups in total. The van der Waals surface area contributed by atoms with Crippen LogP contribution in [0.4, 0.5) is 5.69 Å². The second-order valence-corrected chi connectivity index (χ2v) is 6.34. The monoisotopic (exact) mass is 278 g/mol. The van der Waals surface area contributed by atoms with Crippen LogP contribution >= 0.6 is 11.8 Å². The van der Waals surface area contributed by atoms with E-state index in [-0.39, 0.29) is 5.41 Å². The van der Waals surface area contributed by atoms with E-state index in [1.54, 1.807) is 18.9 Å². The zero-order valence-corrected chi connectivity index (χ0v) is 12.7. The Morgan fingerprint density at radius 3 is 2.74 bits per heavy atom. The third-order valence-electron chi connectivity index (χ3n) is 2.98. The molecule has 1 aromatic carbocycles. The van der Waals surface area contributed by atoms with Gasteiger partial charge in [-0.1, -0.05) is 6.42 Å². The highest BCUT2D eigenvalue weighted by Crippen LogP contribution is 2.30. The Morgan fingerprint density at radius 1 is 1.37 bits per heavy atom. The van der Waals surface area contributed by atoms with E-state index in [0.717, 1.165) is 41.3 Å². The van der Waals surface area contributed by atoms with Crippen LogP contribution in [0.15, 0.2) is 23.1 Å². The number of rotatable bonds is 7. The van der Waals surface area contributed by atoms with Crippen LogP contribution in [0.3, 0.4) is 0 Å². The minimum atomic E-state index is -0.209. The number of thioether (sulfide) groups is 1. The van der Waals surface area contributed by atoms with Gasteiger partial charge in [0.25, 0.3) is 0 Å². The van der Waals surface area contributed by atoms with E-state index >= 15 is 0 Å². The highest BCUT2D eigenvalue weighted by molar-refractivity contribution is 7.99. The summed E-state index contributed by atoms with van der Waals surface area (Å²) in [4.78, 5) is 1.07. The molecule has 0 heterocycles. The Kier molecular flexibility index (Phi) is 6.04. The summed E-state index contributed by atoms with van der Waals surface area (Å²) in [6, 6.07) is 8.05. The van der Waals surface area contributed by atoms with Crippen LogP contribution < -0.4 is 10.5 Å². The van der Waals surface area contributed by atoms with Gasteiger partial charge in [0.05, 0.1) is 18.6 Å². The first kappa shape index (κ1) is 15.7. The van der Waals surface area contributed by atoms with Gasteiger partial charge < -0.3 is 10.5 Å². The number of anilines is 1. The third-order valence-corrected chi connectivity index (χ3v) is 4.13. The van der Waals surface area contributed by atoms with E-state index in [0.29, 0.717) is 0 Å². The summed E-state index contributed by atoms with van der Waals surface area (Å²) in [6.07, 6.45) is 3.10. The molecule has 0 aliphatic heterocycles. The van der Waals surface area contributed by atoms with Gasteiger partial charge in [-0.3, -0.25) is 0 Å². The number of nitrogens with zero attached hydrogens (tertiary/aromatic N) is 1. The molecule has 0 bridgehead atoms. The number of hydrogen-bond acceptors (Lipinski definition) is 4. The number of hydrogen-bond donors (Lipinski definition) is 1. The van der Waals surface area contributed by atoms with Crippen molar-refractivity contribution in [3.63, 3.8) is 0 Å². The number of methoxy groups -OCH3 is 1. The maximum atomic E-state index is 8.94. The fourth-order valence-electron chi connectivity index (χ4n) is 1.67. The van der Waals surface area contributed by atoms with Crippen LogP contribution in [0.2, 0.25) is 0 Å². The normalized spacial score (nSPS) is 11.1. The second-order valence-electron chi connectivity index (χ2n) is 5.21. The average Bonchev–Trinajstić information content (AvgIpc) is 2.40. The van der Waals surface area contributed by atoms with E-state index in [1.807, 2.05) is 32.0 Å². The lowest BCUT2D eigenvalue weighted by molar-refractivity contribution is 0.414. The molecular weight excluding hydrogens is 256 g/mol. The molecule has 0 aliphatic carbocycles. The minimum Gasteiger partial charge on any atom is -0.497 e. The summed E-state index contributed by atoms with van der Waals surface area (Å²) < 4.78 is 5.19. The molecule has 3 nitrogen and oxygen atoms in total. The number of nitriles is 1. The van der Waals surface area contributed by atoms with Gasteiger partial charge in [-0.25, -0.2) is 0 Å². The Hall–Kier alpha value is -1.34. The van der Waals surface area contributed by atoms with E-state index in [2.05, 4.69) is 6.07 Å². The lowest BCUT2D eigenvalue weighted by Gasteiger charge is -2.14. The van der Waals surface area contributed by atoms with E-state index < -0.39 is 0 Å². The summed E-state index contributed by atoms with van der Waals surface area (Å²) in [5, 5.41) is 8.94. The molecule has 0 amide bonds. The van der Waals surface area contributed by atoms with Gasteiger partial charge in [0, 0.05) is 10.6 Å². The Bertz CT molecular complexity index is 452. The predicted molar refractivity (Wildman–Crippen MR) is 81.4 cm³/mol. The van der Waals surface area contributed by atoms with Crippen LogP contribution in [0.1, 0.15) is 33.1 Å². The molecule has 0 saturated heterocycles. The molecular formula is C15H22N2OS. The van der Waals surface area contributed by atoms with Crippen molar-refractivity contribution in [2.24, 2.45) is 5.41 Å². The summed E-state index contributed by atoms with van der Waals surface area (Å²) in [7, 11) is 1.66. The maximum Gasteiger partial charge on any atom is 0.120 e. The van der Waals surface area contributed by atoms with Crippen molar-refractivity contribution in [1.29, 1.82) is 5.26 Å². The van der Waals surface area contributed by atoms with Crippen LogP contribution in [0.25, 0.3) is 0 Å². The first-order valence-corrected chi connectivity index (χ1v) is 7.44. The van der Waals surface area contributed by atoms with Gasteiger partial charge in [0.1, 0.15) is 5.75 Å². The molecule has 104 valence electrons. The van der Waals surface area contributed by atoms with Crippen LogP contribution in [-0.4, -0.2) is 12.9 Å². The Labute approximate surface area is 120 Å². The quantitative estimate of drug-likeness (QED) is 0.463. The van der Waals surface area contributed by atoms with Gasteiger partial charge in [-0.15, -0.1) is 11.8 Å². The molecule has 0 aromatic heterocycles. The van der Waals surface area contributed by atoms with Crippen molar-refractivity contribution in [3.8, 4) is 11.8 Å². The molecule has 0 aliphatic rings. The van der Waals surface area contributed by atoms with Gasteiger partial charge >= 0.3 is 0 Å². The zero-order chi connectivity index (χ0) is 14.3. The standard InChI is InChI=1S/C15H22N2OS/c1-15(2,11-16)8-4-5-9-19-14-10-12(18-3)6-7-13(14)17/h6-7,10H,4-5,8-9,17H2,1-3H3. The highest BCUT2D eigenvalue weighted by atomic mass is 32.2. The van der Waals surface area contributed by atoms with Crippen molar-refractivity contribution in [3.05, 3.63) is 18.2 Å². The van der Waals surface area contributed by atoms with Crippen molar-refractivity contribution in [1.82, 2.24) is 0 Å². The van der Waals surface area contributed by atoms with Crippen LogP contribution in [0.5, 0.6) is 5.75 Å². The predicted octanol–water partition coefficient (Wildman–Crippen LogP) is 4.09. The average molecular weight is 278 g/mol. The number of unbranched alkanes of at least 4 members (excludes halogenated alkanes) is 1. The molecule has 1 aromatic rings. The third kappa shape index (κ3) is 5.44. The lowest BCUT2D eigenvalue weighted by atomic mass is 9.89. The first-order chi connectivity index (χ1) is 8.98. The highest BCUT2D eigenvalue weighted by Gasteiger charge is 2.15. The number of nitrogens with two attached hydrogens (primary N) is 1. The molecule has 0 spiro atoms. The second kappa shape index (κ2) is 7.30. The first-order valence-electron chi connectivity index (χ1n) is 6.46. The smallest absolute Gasteiger partial charge is 0.120 e. The fourth-order valence-corrected chi connectivity index (χ4v) is 2.68. The molecule has 0 radical (unpaired) electrons. The molecule has 0 unspecified atom stereocenters. The summed E-state index contributed by atoms with van der Waals surface area (Å²) in [5.41, 5.74) is 6.52. The summed E-state index contributed by atoms with van der Waals surface area (Å²) in [6.45, 7) is 3.97. The van der Waals surface area contributed by atoms with E-state index in [1.165, 1.54) is 0 Å². The van der Waals surface area contributed by atoms with Crippen molar-refractivity contribution in [2.45, 2.75) is 38.0 Å². The van der Waals surface area contributed by atoms with E-state index in [4.69, 9.17) is 15.7 Å². The number of nitrogen functional groups attached to an aromatic ring is 1. The van der Waals surface area contributed by atoms with Crippen molar-refractivity contribution in [2.75, 3.05) is 18.6 Å². The number of ether oxygens (including phenoxy) is 1. The zero-order valence-electron chi connectivity index (χ0n) is 11.9. The van der Waals surface area contributed by atoms with E-state index in [9.17, 15) is 0 Å². The molecule has 4 heteroatoms. The van der Waals surface area contributed by atoms with Crippen LogP contribution in [-0.2, 0) is 0 Å².